The zero-order valence-corrected chi connectivity index (χ0v) is 27.3. The molecule has 0 aliphatic heterocycles. The van der Waals surface area contributed by atoms with Crippen LogP contribution in [0, 0.1) is 11.7 Å². The summed E-state index contributed by atoms with van der Waals surface area (Å²) in [6.07, 6.45) is 0.220. The van der Waals surface area contributed by atoms with E-state index >= 15 is 0 Å². The fourth-order valence-corrected chi connectivity index (χ4v) is 5.01. The summed E-state index contributed by atoms with van der Waals surface area (Å²) in [4.78, 5) is 57.6. The van der Waals surface area contributed by atoms with E-state index in [0.717, 1.165) is 21.9 Å². The molecule has 2 N–H and O–H groups in total. The second-order valence-electron chi connectivity index (χ2n) is 12.1. The highest BCUT2D eigenvalue weighted by atomic mass is 19.1. The minimum Gasteiger partial charge on any atom is -0.444 e. The van der Waals surface area contributed by atoms with Crippen molar-refractivity contribution in [1.82, 2.24) is 25.1 Å². The van der Waals surface area contributed by atoms with Gasteiger partial charge >= 0.3 is 6.09 Å². The summed E-state index contributed by atoms with van der Waals surface area (Å²) in [5, 5.41) is 13.2. The van der Waals surface area contributed by atoms with Crippen molar-refractivity contribution in [3.05, 3.63) is 130 Å². The van der Waals surface area contributed by atoms with Crippen molar-refractivity contribution >= 4 is 23.5 Å². The van der Waals surface area contributed by atoms with E-state index in [1.807, 2.05) is 50.2 Å². The highest BCUT2D eigenvalue weighted by Crippen LogP contribution is 2.30. The number of Topliss-reactive ketones (excluding diaryl/α,β-unsaturated/α-hetero) is 1. The number of ether oxygens (including phenoxy) is 1. The monoisotopic (exact) mass is 666 g/mol. The number of ketones is 1. The van der Waals surface area contributed by atoms with E-state index in [0.29, 0.717) is 5.56 Å². The number of benzene rings is 3. The van der Waals surface area contributed by atoms with Gasteiger partial charge in [0, 0.05) is 5.56 Å². The van der Waals surface area contributed by atoms with Crippen LogP contribution in [-0.2, 0) is 28.1 Å². The Morgan fingerprint density at radius 3 is 2.24 bits per heavy atom. The molecular weight excluding hydrogens is 631 g/mol. The maximum absolute atomic E-state index is 13.7. The smallest absolute Gasteiger partial charge is 0.412 e. The zero-order chi connectivity index (χ0) is 35.1. The number of nitrogens with zero attached hydrogens (tertiary/aromatic N) is 4. The molecule has 0 spiro atoms. The van der Waals surface area contributed by atoms with Crippen molar-refractivity contribution in [2.75, 3.05) is 5.32 Å². The van der Waals surface area contributed by atoms with Crippen molar-refractivity contribution in [3.8, 4) is 11.4 Å². The number of carbonyl (C=O) groups excluding carboxylic acids is 3. The first-order valence-electron chi connectivity index (χ1n) is 15.5. The molecule has 5 aromatic rings. The molecule has 2 amide bonds. The molecule has 0 saturated heterocycles. The maximum Gasteiger partial charge on any atom is 0.412 e. The molecule has 252 valence electrons. The lowest BCUT2D eigenvalue weighted by Crippen LogP contribution is -2.46. The van der Waals surface area contributed by atoms with Gasteiger partial charge in [0.15, 0.2) is 0 Å². The van der Waals surface area contributed by atoms with Crippen LogP contribution >= 0.6 is 0 Å². The Kier molecular flexibility index (Phi) is 10.4. The second kappa shape index (κ2) is 14.8. The average molecular weight is 667 g/mol. The topological polar surface area (TPSA) is 158 Å². The molecule has 12 nitrogen and oxygen atoms in total. The molecule has 0 saturated carbocycles. The van der Waals surface area contributed by atoms with Crippen LogP contribution in [0.1, 0.15) is 55.4 Å². The van der Waals surface area contributed by atoms with Crippen molar-refractivity contribution in [3.63, 3.8) is 0 Å². The van der Waals surface area contributed by atoms with E-state index in [1.54, 1.807) is 38.1 Å². The number of anilines is 1. The third-order valence-corrected chi connectivity index (χ3v) is 7.83. The summed E-state index contributed by atoms with van der Waals surface area (Å²) in [7, 11) is 0. The molecule has 0 aliphatic carbocycles. The number of halogens is 1. The van der Waals surface area contributed by atoms with Gasteiger partial charge in [0.05, 0.1) is 17.7 Å². The summed E-state index contributed by atoms with van der Waals surface area (Å²) in [5.41, 5.74) is 0.249. The molecule has 0 aliphatic rings. The Morgan fingerprint density at radius 2 is 1.59 bits per heavy atom. The van der Waals surface area contributed by atoms with Gasteiger partial charge in [-0.05, 0) is 55.2 Å². The van der Waals surface area contributed by atoms with Crippen LogP contribution in [0.3, 0.4) is 0 Å². The van der Waals surface area contributed by atoms with Crippen LogP contribution < -0.4 is 16.2 Å². The molecule has 49 heavy (non-hydrogen) atoms. The van der Waals surface area contributed by atoms with Gasteiger partial charge in [0.25, 0.3) is 11.4 Å². The van der Waals surface area contributed by atoms with Gasteiger partial charge in [-0.2, -0.15) is 0 Å². The number of hydrogen-bond donors (Lipinski definition) is 2. The van der Waals surface area contributed by atoms with E-state index in [2.05, 4.69) is 25.8 Å². The normalized spacial score (nSPS) is 12.0. The maximum atomic E-state index is 13.7. The third kappa shape index (κ3) is 8.12. The number of rotatable bonds is 12. The highest BCUT2D eigenvalue weighted by molar-refractivity contribution is 5.98. The molecule has 0 radical (unpaired) electrons. The molecule has 3 aromatic carbocycles. The van der Waals surface area contributed by atoms with E-state index < -0.39 is 53.1 Å². The molecule has 2 heterocycles. The predicted octanol–water partition coefficient (Wildman–Crippen LogP) is 5.53. The quantitative estimate of drug-likeness (QED) is 0.163. The molecule has 0 unspecified atom stereocenters. The van der Waals surface area contributed by atoms with Crippen LogP contribution in [0.5, 0.6) is 0 Å². The first kappa shape index (κ1) is 34.4. The van der Waals surface area contributed by atoms with Crippen molar-refractivity contribution in [1.29, 1.82) is 0 Å². The fourth-order valence-electron chi connectivity index (χ4n) is 5.01. The van der Waals surface area contributed by atoms with Gasteiger partial charge in [-0.25, -0.2) is 14.2 Å². The second-order valence-corrected chi connectivity index (χ2v) is 12.1. The van der Waals surface area contributed by atoms with E-state index in [-0.39, 0.29) is 29.9 Å². The van der Waals surface area contributed by atoms with E-state index in [9.17, 15) is 23.6 Å². The predicted molar refractivity (Wildman–Crippen MR) is 178 cm³/mol. The Hall–Kier alpha value is -5.98. The summed E-state index contributed by atoms with van der Waals surface area (Å²) >= 11 is 0. The van der Waals surface area contributed by atoms with Gasteiger partial charge < -0.3 is 14.5 Å². The summed E-state index contributed by atoms with van der Waals surface area (Å²) in [6.45, 7) is 6.61. The lowest BCUT2D eigenvalue weighted by Gasteiger charge is -2.21. The van der Waals surface area contributed by atoms with Crippen LogP contribution in [0.25, 0.3) is 11.4 Å². The first-order chi connectivity index (χ1) is 23.4. The lowest BCUT2D eigenvalue weighted by atomic mass is 9.85. The molecule has 0 bridgehead atoms. The van der Waals surface area contributed by atoms with Gasteiger partial charge in [-0.15, -0.1) is 10.2 Å². The van der Waals surface area contributed by atoms with Gasteiger partial charge in [-0.3, -0.25) is 24.3 Å². The van der Waals surface area contributed by atoms with Crippen LogP contribution in [-0.4, -0.2) is 43.6 Å². The zero-order valence-electron chi connectivity index (χ0n) is 27.3. The van der Waals surface area contributed by atoms with Crippen LogP contribution in [0.2, 0.25) is 0 Å². The van der Waals surface area contributed by atoms with Gasteiger partial charge in [0.2, 0.25) is 17.6 Å². The lowest BCUT2D eigenvalue weighted by molar-refractivity contribution is -0.122. The van der Waals surface area contributed by atoms with Crippen LogP contribution in [0.4, 0.5) is 14.9 Å². The number of hydrogen-bond acceptors (Lipinski definition) is 9. The van der Waals surface area contributed by atoms with Crippen LogP contribution in [0.15, 0.2) is 100 Å². The number of amides is 2. The SMILES string of the molecule is CC(C)[C@H](NC(=O)Cn1c(-c2ccc(F)cc2)ncc(NC(=O)OCc2ccccc2)c1=O)C(=O)c1nnc(C(C)(C)c2ccccc2)o1. The first-order valence-corrected chi connectivity index (χ1v) is 15.5. The van der Waals surface area contributed by atoms with Crippen molar-refractivity contribution < 1.29 is 27.9 Å². The molecular formula is C36H35FN6O6. The third-order valence-electron chi connectivity index (χ3n) is 7.83. The van der Waals surface area contributed by atoms with E-state index in [4.69, 9.17) is 9.15 Å². The average Bonchev–Trinajstić information content (AvgIpc) is 3.61. The standard InChI is InChI=1S/C36H35FN6O6/c1-22(2)29(30(45)32-41-42-34(49-32)36(3,4)25-13-9-6-10-14-25)40-28(44)20-43-31(24-15-17-26(37)18-16-24)38-19-27(33(43)46)39-35(47)48-21-23-11-7-5-8-12-23/h5-19,22,29H,20-21H2,1-4H3,(H,39,47)(H,40,44)/t29-/m0/s1. The largest absolute Gasteiger partial charge is 0.444 e. The Labute approximate surface area is 281 Å². The number of carbonyl (C=O) groups is 3. The molecule has 5 rings (SSSR count). The number of aromatic nitrogens is 4. The van der Waals surface area contributed by atoms with Crippen molar-refractivity contribution in [2.24, 2.45) is 5.92 Å². The Morgan fingerprint density at radius 1 is 0.939 bits per heavy atom. The van der Waals surface area contributed by atoms with Gasteiger partial charge in [0.1, 0.15) is 30.5 Å². The molecule has 0 fully saturated rings. The summed E-state index contributed by atoms with van der Waals surface area (Å²) in [6, 6.07) is 22.5. The molecule has 2 aromatic heterocycles. The van der Waals surface area contributed by atoms with Crippen molar-refractivity contribution in [2.45, 2.75) is 52.3 Å². The minimum atomic E-state index is -1.09. The Bertz CT molecular complexity index is 1990. The van der Waals surface area contributed by atoms with E-state index in [1.165, 1.54) is 24.3 Å². The Balaban J connectivity index is 1.37. The highest BCUT2D eigenvalue weighted by Gasteiger charge is 2.34. The summed E-state index contributed by atoms with van der Waals surface area (Å²) < 4.78 is 25.8. The number of nitrogens with one attached hydrogen (secondary N) is 2. The fraction of sp³-hybridized carbons (Fsp3) is 0.250. The molecule has 13 heteroatoms. The summed E-state index contributed by atoms with van der Waals surface area (Å²) in [5.74, 6) is -2.26. The van der Waals surface area contributed by atoms with Gasteiger partial charge in [-0.1, -0.05) is 74.5 Å². The minimum absolute atomic E-state index is 0.0282. The molecule has 1 atom stereocenters.